The van der Waals surface area contributed by atoms with Crippen LogP contribution >= 0.6 is 0 Å². The van der Waals surface area contributed by atoms with Crippen LogP contribution in [0, 0.1) is 17.8 Å². The molecule has 48 heavy (non-hydrogen) atoms. The zero-order chi connectivity index (χ0) is 35.1. The van der Waals surface area contributed by atoms with Crippen LogP contribution in [0.25, 0.3) is 0 Å². The van der Waals surface area contributed by atoms with Crippen LogP contribution in [0.15, 0.2) is 24.3 Å². The maximum atomic E-state index is 11.3. The number of hydrogen-bond donors (Lipinski definition) is 0. The first-order chi connectivity index (χ1) is 23.3. The monoisotopic (exact) mass is 673 g/mol. The molecule has 6 nitrogen and oxygen atoms in total. The lowest BCUT2D eigenvalue weighted by molar-refractivity contribution is -0.154. The summed E-state index contributed by atoms with van der Waals surface area (Å²) in [4.78, 5) is 44.4. The third-order valence-corrected chi connectivity index (χ3v) is 9.42. The van der Waals surface area contributed by atoms with Gasteiger partial charge in [-0.2, -0.15) is 0 Å². The smallest absolute Gasteiger partial charge is 0.321 e. The van der Waals surface area contributed by atoms with Crippen molar-refractivity contribution in [1.29, 1.82) is 0 Å². The van der Waals surface area contributed by atoms with E-state index < -0.39 is 11.9 Å². The van der Waals surface area contributed by atoms with Crippen LogP contribution < -0.4 is 0 Å². The highest BCUT2D eigenvalue weighted by molar-refractivity contribution is 5.96. The summed E-state index contributed by atoms with van der Waals surface area (Å²) in [6, 6.07) is 0. The van der Waals surface area contributed by atoms with E-state index in [2.05, 4.69) is 30.2 Å². The Bertz CT molecular complexity index is 904. The minimum Gasteiger partial charge on any atom is -0.393 e. The van der Waals surface area contributed by atoms with E-state index in [9.17, 15) is 19.2 Å². The molecular formula is C42H72O6. The fourth-order valence-electron chi connectivity index (χ4n) is 6.31. The number of hydrogen-bond acceptors (Lipinski definition) is 6. The lowest BCUT2D eigenvalue weighted by Crippen LogP contribution is -2.03. The van der Waals surface area contributed by atoms with Gasteiger partial charge in [0.15, 0.2) is 0 Å². The SMILES string of the molecule is CC(C)CCCCCCCCCCCC=CC1CC(=O)OC1=O.CCCCCCCCCCCCCCCCC=CC1CC(=O)OC1=O. The van der Waals surface area contributed by atoms with E-state index in [1.54, 1.807) is 0 Å². The van der Waals surface area contributed by atoms with Gasteiger partial charge in [-0.1, -0.05) is 186 Å². The first-order valence-corrected chi connectivity index (χ1v) is 20.2. The molecule has 0 saturated carbocycles. The van der Waals surface area contributed by atoms with Crippen molar-refractivity contribution in [3.8, 4) is 0 Å². The second-order valence-electron chi connectivity index (χ2n) is 14.6. The van der Waals surface area contributed by atoms with Crippen LogP contribution in [0.3, 0.4) is 0 Å². The molecule has 0 spiro atoms. The second-order valence-corrected chi connectivity index (χ2v) is 14.6. The van der Waals surface area contributed by atoms with E-state index in [1.807, 2.05) is 24.3 Å². The van der Waals surface area contributed by atoms with Crippen molar-refractivity contribution in [3.63, 3.8) is 0 Å². The predicted octanol–water partition coefficient (Wildman–Crippen LogP) is 12.1. The van der Waals surface area contributed by atoms with Gasteiger partial charge in [0.2, 0.25) is 0 Å². The Balaban J connectivity index is 0.000000482. The molecule has 2 saturated heterocycles. The van der Waals surface area contributed by atoms with Crippen molar-refractivity contribution in [1.82, 2.24) is 0 Å². The van der Waals surface area contributed by atoms with Crippen LogP contribution in [-0.2, 0) is 28.7 Å². The molecule has 2 aliphatic rings. The highest BCUT2D eigenvalue weighted by Crippen LogP contribution is 2.20. The minimum absolute atomic E-state index is 0.215. The molecule has 276 valence electrons. The molecule has 0 amide bonds. The lowest BCUT2D eigenvalue weighted by atomic mass is 10.0. The molecule has 0 aliphatic carbocycles. The summed E-state index contributed by atoms with van der Waals surface area (Å²) >= 11 is 0. The van der Waals surface area contributed by atoms with E-state index >= 15 is 0 Å². The third kappa shape index (κ3) is 25.7. The number of esters is 4. The van der Waals surface area contributed by atoms with Crippen molar-refractivity contribution < 1.29 is 28.7 Å². The third-order valence-electron chi connectivity index (χ3n) is 9.42. The van der Waals surface area contributed by atoms with Gasteiger partial charge in [-0.05, 0) is 31.6 Å². The van der Waals surface area contributed by atoms with Gasteiger partial charge in [0.25, 0.3) is 0 Å². The fourth-order valence-corrected chi connectivity index (χ4v) is 6.31. The van der Waals surface area contributed by atoms with Crippen molar-refractivity contribution in [2.45, 2.75) is 201 Å². The molecule has 2 aliphatic heterocycles. The van der Waals surface area contributed by atoms with E-state index in [0.717, 1.165) is 18.8 Å². The van der Waals surface area contributed by atoms with E-state index in [1.165, 1.54) is 154 Å². The van der Waals surface area contributed by atoms with Gasteiger partial charge < -0.3 is 9.47 Å². The maximum Gasteiger partial charge on any atom is 0.321 e. The normalized spacial score (nSPS) is 17.9. The van der Waals surface area contributed by atoms with Crippen LogP contribution in [0.5, 0.6) is 0 Å². The zero-order valence-electron chi connectivity index (χ0n) is 31.3. The molecule has 0 aromatic rings. The Labute approximate surface area is 294 Å². The summed E-state index contributed by atoms with van der Waals surface area (Å²) in [6.07, 6.45) is 42.7. The van der Waals surface area contributed by atoms with Crippen molar-refractivity contribution in [2.75, 3.05) is 0 Å². The maximum absolute atomic E-state index is 11.3. The number of allylic oxidation sites excluding steroid dienone is 2. The topological polar surface area (TPSA) is 86.7 Å². The number of carbonyl (C=O) groups excluding carboxylic acids is 4. The first kappa shape index (κ1) is 43.8. The molecule has 2 unspecified atom stereocenters. The molecule has 0 aromatic heterocycles. The standard InChI is InChI=1S/C22H38O3.C20H34O3/c1-2-3-4-5-6-7-8-9-10-11-12-13-14-15-16-17-18-20-19-21(23)25-22(20)24;1-17(2)14-12-10-8-6-4-3-5-7-9-11-13-15-18-16-19(21)23-20(18)22/h17-18,20H,2-16,19H2,1H3;13,15,17-18H,3-12,14,16H2,1-2H3. The molecule has 2 heterocycles. The van der Waals surface area contributed by atoms with E-state index in [0.29, 0.717) is 0 Å². The molecule has 6 heteroatoms. The fraction of sp³-hybridized carbons (Fsp3) is 0.810. The number of ether oxygens (including phenoxy) is 2. The van der Waals surface area contributed by atoms with Crippen LogP contribution in [0.1, 0.15) is 201 Å². The van der Waals surface area contributed by atoms with Crippen molar-refractivity contribution >= 4 is 23.9 Å². The van der Waals surface area contributed by atoms with E-state index in [-0.39, 0.29) is 36.6 Å². The molecule has 0 aromatic carbocycles. The average molecular weight is 673 g/mol. The Morgan fingerprint density at radius 1 is 0.500 bits per heavy atom. The Morgan fingerprint density at radius 3 is 1.10 bits per heavy atom. The first-order valence-electron chi connectivity index (χ1n) is 20.2. The van der Waals surface area contributed by atoms with Gasteiger partial charge in [0.05, 0.1) is 24.7 Å². The highest BCUT2D eigenvalue weighted by Gasteiger charge is 2.31. The molecule has 0 bridgehead atoms. The summed E-state index contributed by atoms with van der Waals surface area (Å²) in [5.74, 6) is -1.38. The molecule has 2 fully saturated rings. The van der Waals surface area contributed by atoms with Crippen LogP contribution in [0.2, 0.25) is 0 Å². The summed E-state index contributed by atoms with van der Waals surface area (Å²) in [5, 5.41) is 0. The predicted molar refractivity (Wildman–Crippen MR) is 197 cm³/mol. The highest BCUT2D eigenvalue weighted by atomic mass is 16.6. The summed E-state index contributed by atoms with van der Waals surface area (Å²) in [7, 11) is 0. The molecule has 0 N–H and O–H groups in total. The Hall–Kier alpha value is -2.24. The number of unbranched alkanes of at least 4 members (excludes halogenated alkanes) is 23. The van der Waals surface area contributed by atoms with Gasteiger partial charge in [-0.15, -0.1) is 0 Å². The molecular weight excluding hydrogens is 600 g/mol. The number of carbonyl (C=O) groups is 4. The Kier molecular flexibility index (Phi) is 28.1. The van der Waals surface area contributed by atoms with Gasteiger partial charge in [-0.25, -0.2) is 0 Å². The second kappa shape index (κ2) is 30.8. The van der Waals surface area contributed by atoms with Gasteiger partial charge >= 0.3 is 23.9 Å². The summed E-state index contributed by atoms with van der Waals surface area (Å²) in [6.45, 7) is 6.87. The quantitative estimate of drug-likeness (QED) is 0.0340. The molecule has 0 radical (unpaired) electrons. The molecule has 2 rings (SSSR count). The van der Waals surface area contributed by atoms with Crippen LogP contribution in [0.4, 0.5) is 0 Å². The van der Waals surface area contributed by atoms with Gasteiger partial charge in [0, 0.05) is 0 Å². The van der Waals surface area contributed by atoms with Crippen LogP contribution in [-0.4, -0.2) is 23.9 Å². The van der Waals surface area contributed by atoms with Crippen molar-refractivity contribution in [2.24, 2.45) is 17.8 Å². The number of cyclic esters (lactones) is 4. The summed E-state index contributed by atoms with van der Waals surface area (Å²) in [5.41, 5.74) is 0. The lowest BCUT2D eigenvalue weighted by Gasteiger charge is -2.04. The van der Waals surface area contributed by atoms with Gasteiger partial charge in [-0.3, -0.25) is 19.2 Å². The zero-order valence-corrected chi connectivity index (χ0v) is 31.3. The van der Waals surface area contributed by atoms with Gasteiger partial charge in [0.1, 0.15) is 0 Å². The number of rotatable bonds is 29. The Morgan fingerprint density at radius 2 is 0.812 bits per heavy atom. The van der Waals surface area contributed by atoms with E-state index in [4.69, 9.17) is 0 Å². The molecule has 2 atom stereocenters. The largest absolute Gasteiger partial charge is 0.393 e. The average Bonchev–Trinajstić information content (AvgIpc) is 3.56. The van der Waals surface area contributed by atoms with Crippen molar-refractivity contribution in [3.05, 3.63) is 24.3 Å². The summed E-state index contributed by atoms with van der Waals surface area (Å²) < 4.78 is 9.04. The minimum atomic E-state index is -0.395.